The molecular weight excluding hydrogens is 261 g/mol. The van der Waals surface area contributed by atoms with Gasteiger partial charge in [-0.3, -0.25) is 0 Å². The van der Waals surface area contributed by atoms with Crippen molar-refractivity contribution in [3.8, 4) is 11.5 Å². The van der Waals surface area contributed by atoms with E-state index in [2.05, 4.69) is 5.32 Å². The lowest BCUT2D eigenvalue weighted by atomic mass is 10.2. The van der Waals surface area contributed by atoms with Crippen molar-refractivity contribution in [1.82, 2.24) is 5.32 Å². The average molecular weight is 277 g/mol. The number of hydrogen-bond donors (Lipinski definition) is 1. The summed E-state index contributed by atoms with van der Waals surface area (Å²) in [4.78, 5) is 1.06. The molecule has 19 heavy (non-hydrogen) atoms. The number of thioether (sulfide) groups is 1. The van der Waals surface area contributed by atoms with Crippen molar-refractivity contribution in [2.24, 2.45) is 0 Å². The van der Waals surface area contributed by atoms with E-state index in [1.807, 2.05) is 37.6 Å². The molecule has 2 rings (SSSR count). The third-order valence-electron chi connectivity index (χ3n) is 2.68. The van der Waals surface area contributed by atoms with Crippen LogP contribution in [-0.2, 0) is 6.54 Å². The zero-order valence-corrected chi connectivity index (χ0v) is 11.8. The molecule has 2 aromatic rings. The largest absolute Gasteiger partial charge is 0.456 e. The van der Waals surface area contributed by atoms with E-state index in [-0.39, 0.29) is 5.82 Å². The van der Waals surface area contributed by atoms with Crippen molar-refractivity contribution >= 4 is 11.8 Å². The van der Waals surface area contributed by atoms with Crippen LogP contribution >= 0.6 is 11.8 Å². The van der Waals surface area contributed by atoms with Crippen molar-refractivity contribution in [1.29, 1.82) is 0 Å². The molecule has 2 nitrogen and oxygen atoms in total. The van der Waals surface area contributed by atoms with Crippen molar-refractivity contribution in [2.75, 3.05) is 13.3 Å². The summed E-state index contributed by atoms with van der Waals surface area (Å²) in [6.07, 6.45) is 2.00. The van der Waals surface area contributed by atoms with Crippen molar-refractivity contribution in [3.05, 3.63) is 53.8 Å². The second-order valence-corrected chi connectivity index (χ2v) is 4.88. The highest BCUT2D eigenvalue weighted by molar-refractivity contribution is 7.98. The second-order valence-electron chi connectivity index (χ2n) is 4.04. The average Bonchev–Trinajstić information content (AvgIpc) is 2.43. The Kier molecular flexibility index (Phi) is 4.82. The lowest BCUT2D eigenvalue weighted by Crippen LogP contribution is -2.06. The van der Waals surface area contributed by atoms with Gasteiger partial charge in [-0.05, 0) is 43.6 Å². The molecule has 0 aliphatic rings. The number of hydrogen-bond acceptors (Lipinski definition) is 3. The Morgan fingerprint density at radius 3 is 2.68 bits per heavy atom. The Labute approximate surface area is 117 Å². The van der Waals surface area contributed by atoms with Gasteiger partial charge in [-0.1, -0.05) is 12.1 Å². The summed E-state index contributed by atoms with van der Waals surface area (Å²) in [5, 5.41) is 3.01. The summed E-state index contributed by atoms with van der Waals surface area (Å²) in [6, 6.07) is 12.4. The highest BCUT2D eigenvalue weighted by Gasteiger charge is 2.08. The fraction of sp³-hybridized carbons (Fsp3) is 0.200. The van der Waals surface area contributed by atoms with Gasteiger partial charge in [0.2, 0.25) is 0 Å². The Balaban J connectivity index is 2.32. The molecule has 0 aliphatic carbocycles. The molecule has 0 fully saturated rings. The van der Waals surface area contributed by atoms with Crippen LogP contribution in [0.3, 0.4) is 0 Å². The van der Waals surface area contributed by atoms with Gasteiger partial charge in [0.1, 0.15) is 17.3 Å². The van der Waals surface area contributed by atoms with E-state index in [9.17, 15) is 4.39 Å². The number of benzene rings is 2. The molecule has 0 atom stereocenters. The topological polar surface area (TPSA) is 21.3 Å². The molecule has 0 saturated carbocycles. The van der Waals surface area contributed by atoms with Crippen molar-refractivity contribution < 1.29 is 9.13 Å². The summed E-state index contributed by atoms with van der Waals surface area (Å²) >= 11 is 1.62. The normalized spacial score (nSPS) is 10.5. The zero-order chi connectivity index (χ0) is 13.7. The predicted molar refractivity (Wildman–Crippen MR) is 77.5 cm³/mol. The summed E-state index contributed by atoms with van der Waals surface area (Å²) in [7, 11) is 1.82. The van der Waals surface area contributed by atoms with Gasteiger partial charge in [-0.2, -0.15) is 0 Å². The monoisotopic (exact) mass is 277 g/mol. The summed E-state index contributed by atoms with van der Waals surface area (Å²) in [5.41, 5.74) is 0.804. The van der Waals surface area contributed by atoms with Gasteiger partial charge in [0.05, 0.1) is 0 Å². The Morgan fingerprint density at radius 2 is 1.95 bits per heavy atom. The van der Waals surface area contributed by atoms with E-state index in [4.69, 9.17) is 4.74 Å². The third-order valence-corrected chi connectivity index (χ3v) is 3.46. The minimum Gasteiger partial charge on any atom is -0.456 e. The quantitative estimate of drug-likeness (QED) is 0.833. The van der Waals surface area contributed by atoms with E-state index < -0.39 is 0 Å². The lowest BCUT2D eigenvalue weighted by molar-refractivity contribution is 0.461. The number of nitrogens with one attached hydrogen (secondary N) is 1. The molecular formula is C15H16FNOS. The van der Waals surface area contributed by atoms with Gasteiger partial charge >= 0.3 is 0 Å². The standard InChI is InChI=1S/C15H16FNOS/c1-17-10-11-9-12(16)7-8-13(11)18-14-5-3-4-6-15(14)19-2/h3-9,17H,10H2,1-2H3. The van der Waals surface area contributed by atoms with Gasteiger partial charge in [-0.15, -0.1) is 11.8 Å². The van der Waals surface area contributed by atoms with Gasteiger partial charge in [0.15, 0.2) is 0 Å². The van der Waals surface area contributed by atoms with Gasteiger partial charge in [-0.25, -0.2) is 4.39 Å². The molecule has 0 spiro atoms. The Morgan fingerprint density at radius 1 is 1.16 bits per heavy atom. The minimum absolute atomic E-state index is 0.254. The highest BCUT2D eigenvalue weighted by atomic mass is 32.2. The maximum atomic E-state index is 13.3. The Bertz CT molecular complexity index is 560. The van der Waals surface area contributed by atoms with E-state index in [1.54, 1.807) is 17.8 Å². The van der Waals surface area contributed by atoms with Crippen molar-refractivity contribution in [2.45, 2.75) is 11.4 Å². The van der Waals surface area contributed by atoms with E-state index >= 15 is 0 Å². The maximum absolute atomic E-state index is 13.3. The first kappa shape index (κ1) is 13.9. The molecule has 0 aromatic heterocycles. The van der Waals surface area contributed by atoms with E-state index in [1.165, 1.54) is 12.1 Å². The molecule has 0 bridgehead atoms. The van der Waals surface area contributed by atoms with Crippen LogP contribution in [-0.4, -0.2) is 13.3 Å². The molecule has 1 N–H and O–H groups in total. The zero-order valence-electron chi connectivity index (χ0n) is 10.9. The van der Waals surface area contributed by atoms with Crippen LogP contribution in [0.25, 0.3) is 0 Å². The first-order valence-corrected chi connectivity index (χ1v) is 7.21. The highest BCUT2D eigenvalue weighted by Crippen LogP contribution is 2.33. The lowest BCUT2D eigenvalue weighted by Gasteiger charge is -2.13. The number of ether oxygens (including phenoxy) is 1. The van der Waals surface area contributed by atoms with Gasteiger partial charge < -0.3 is 10.1 Å². The van der Waals surface area contributed by atoms with E-state index in [0.29, 0.717) is 12.3 Å². The summed E-state index contributed by atoms with van der Waals surface area (Å²) in [6.45, 7) is 0.564. The molecule has 4 heteroatoms. The van der Waals surface area contributed by atoms with Crippen LogP contribution in [0.4, 0.5) is 4.39 Å². The molecule has 0 saturated heterocycles. The minimum atomic E-state index is -0.254. The van der Waals surface area contributed by atoms with E-state index in [0.717, 1.165) is 16.2 Å². The molecule has 0 heterocycles. The first-order chi connectivity index (χ1) is 9.24. The predicted octanol–water partition coefficient (Wildman–Crippen LogP) is 4.06. The first-order valence-electron chi connectivity index (χ1n) is 5.98. The second kappa shape index (κ2) is 6.59. The van der Waals surface area contributed by atoms with Crippen LogP contribution in [0, 0.1) is 5.82 Å². The number of rotatable bonds is 5. The Hall–Kier alpha value is -1.52. The van der Waals surface area contributed by atoms with Crippen LogP contribution in [0.1, 0.15) is 5.56 Å². The summed E-state index contributed by atoms with van der Waals surface area (Å²) in [5.74, 6) is 1.21. The SMILES string of the molecule is CNCc1cc(F)ccc1Oc1ccccc1SC. The van der Waals surface area contributed by atoms with Crippen molar-refractivity contribution in [3.63, 3.8) is 0 Å². The number of halogens is 1. The smallest absolute Gasteiger partial charge is 0.140 e. The van der Waals surface area contributed by atoms with Gasteiger partial charge in [0.25, 0.3) is 0 Å². The fourth-order valence-electron chi connectivity index (χ4n) is 1.80. The van der Waals surface area contributed by atoms with Crippen LogP contribution < -0.4 is 10.1 Å². The maximum Gasteiger partial charge on any atom is 0.140 e. The number of para-hydroxylation sites is 1. The molecule has 100 valence electrons. The van der Waals surface area contributed by atoms with Gasteiger partial charge in [0, 0.05) is 17.0 Å². The molecule has 0 aliphatic heterocycles. The fourth-order valence-corrected chi connectivity index (χ4v) is 2.32. The molecule has 0 radical (unpaired) electrons. The van der Waals surface area contributed by atoms with Crippen LogP contribution in [0.2, 0.25) is 0 Å². The molecule has 0 unspecified atom stereocenters. The third kappa shape index (κ3) is 3.49. The molecule has 0 amide bonds. The molecule has 2 aromatic carbocycles. The van der Waals surface area contributed by atoms with Crippen LogP contribution in [0.5, 0.6) is 11.5 Å². The van der Waals surface area contributed by atoms with Crippen LogP contribution in [0.15, 0.2) is 47.4 Å². The summed E-state index contributed by atoms with van der Waals surface area (Å²) < 4.78 is 19.2.